The summed E-state index contributed by atoms with van der Waals surface area (Å²) < 4.78 is 4.94. The predicted octanol–water partition coefficient (Wildman–Crippen LogP) is 2.43. The number of anilines is 1. The molecule has 1 aromatic carbocycles. The van der Waals surface area contributed by atoms with Gasteiger partial charge in [0.05, 0.1) is 23.6 Å². The van der Waals surface area contributed by atoms with Gasteiger partial charge >= 0.3 is 0 Å². The minimum Gasteiger partial charge on any atom is -0.496 e. The van der Waals surface area contributed by atoms with Crippen LogP contribution in [0.1, 0.15) is 13.8 Å². The zero-order valence-electron chi connectivity index (χ0n) is 9.98. The third kappa shape index (κ3) is 3.11. The van der Waals surface area contributed by atoms with Gasteiger partial charge in [0.15, 0.2) is 0 Å². The molecule has 1 rings (SSSR count). The van der Waals surface area contributed by atoms with Gasteiger partial charge in [-0.05, 0) is 26.0 Å². The standard InChI is InChI=1S/C12H14N2O3/c1-5-12(2,3)13-10-7-6-9(17-4)8-11(10)14(15)16/h1,6-8,13H,2-4H3. The van der Waals surface area contributed by atoms with Crippen LogP contribution < -0.4 is 10.1 Å². The molecule has 0 bridgehead atoms. The Morgan fingerprint density at radius 2 is 2.18 bits per heavy atom. The van der Waals surface area contributed by atoms with Crippen LogP contribution in [-0.2, 0) is 0 Å². The highest BCUT2D eigenvalue weighted by Crippen LogP contribution is 2.30. The summed E-state index contributed by atoms with van der Waals surface area (Å²) in [5, 5.41) is 13.9. The summed E-state index contributed by atoms with van der Waals surface area (Å²) in [6.45, 7) is 3.53. The van der Waals surface area contributed by atoms with Crippen LogP contribution in [0.4, 0.5) is 11.4 Å². The first-order chi connectivity index (χ1) is 7.89. The molecule has 0 saturated carbocycles. The number of benzene rings is 1. The van der Waals surface area contributed by atoms with Crippen LogP contribution in [0.25, 0.3) is 0 Å². The molecule has 0 saturated heterocycles. The van der Waals surface area contributed by atoms with Crippen molar-refractivity contribution >= 4 is 11.4 Å². The largest absolute Gasteiger partial charge is 0.496 e. The Labute approximate surface area is 99.9 Å². The summed E-state index contributed by atoms with van der Waals surface area (Å²) in [6.07, 6.45) is 5.33. The minimum absolute atomic E-state index is 0.0623. The van der Waals surface area contributed by atoms with Crippen molar-refractivity contribution in [1.29, 1.82) is 0 Å². The molecule has 0 aromatic heterocycles. The molecule has 0 atom stereocenters. The van der Waals surface area contributed by atoms with Gasteiger partial charge < -0.3 is 10.1 Å². The Morgan fingerprint density at radius 3 is 2.65 bits per heavy atom. The van der Waals surface area contributed by atoms with Crippen molar-refractivity contribution in [3.63, 3.8) is 0 Å². The quantitative estimate of drug-likeness (QED) is 0.493. The summed E-state index contributed by atoms with van der Waals surface area (Å²) >= 11 is 0. The van der Waals surface area contributed by atoms with Gasteiger partial charge in [0, 0.05) is 0 Å². The Hall–Kier alpha value is -2.22. The first kappa shape index (κ1) is 12.8. The van der Waals surface area contributed by atoms with E-state index in [1.54, 1.807) is 26.0 Å². The van der Waals surface area contributed by atoms with Crippen molar-refractivity contribution in [1.82, 2.24) is 0 Å². The first-order valence-corrected chi connectivity index (χ1v) is 4.98. The number of hydrogen-bond donors (Lipinski definition) is 1. The molecular weight excluding hydrogens is 220 g/mol. The lowest BCUT2D eigenvalue weighted by atomic mass is 10.1. The lowest BCUT2D eigenvalue weighted by molar-refractivity contribution is -0.384. The number of rotatable bonds is 4. The highest BCUT2D eigenvalue weighted by molar-refractivity contribution is 5.65. The van der Waals surface area contributed by atoms with Gasteiger partial charge in [0.2, 0.25) is 0 Å². The fourth-order valence-electron chi connectivity index (χ4n) is 1.27. The van der Waals surface area contributed by atoms with E-state index in [9.17, 15) is 10.1 Å². The maximum Gasteiger partial charge on any atom is 0.296 e. The smallest absolute Gasteiger partial charge is 0.296 e. The van der Waals surface area contributed by atoms with Crippen LogP contribution in [0.5, 0.6) is 5.75 Å². The van der Waals surface area contributed by atoms with Crippen LogP contribution in [0.2, 0.25) is 0 Å². The van der Waals surface area contributed by atoms with E-state index in [1.165, 1.54) is 13.2 Å². The maximum absolute atomic E-state index is 10.9. The number of hydrogen-bond acceptors (Lipinski definition) is 4. The average molecular weight is 234 g/mol. The number of methoxy groups -OCH3 is 1. The number of ether oxygens (including phenoxy) is 1. The van der Waals surface area contributed by atoms with E-state index in [-0.39, 0.29) is 5.69 Å². The summed E-state index contributed by atoms with van der Waals surface area (Å²) in [7, 11) is 1.46. The summed E-state index contributed by atoms with van der Waals surface area (Å²) in [5.74, 6) is 2.95. The number of nitro groups is 1. The molecule has 0 aliphatic rings. The lowest BCUT2D eigenvalue weighted by Crippen LogP contribution is -2.28. The molecule has 0 aliphatic heterocycles. The highest BCUT2D eigenvalue weighted by atomic mass is 16.6. The van der Waals surface area contributed by atoms with E-state index < -0.39 is 10.5 Å². The van der Waals surface area contributed by atoms with E-state index in [1.807, 2.05) is 0 Å². The van der Waals surface area contributed by atoms with Crippen LogP contribution in [0.3, 0.4) is 0 Å². The van der Waals surface area contributed by atoms with Crippen molar-refractivity contribution in [3.05, 3.63) is 28.3 Å². The molecule has 5 heteroatoms. The second-order valence-electron chi connectivity index (χ2n) is 4.03. The number of terminal acetylenes is 1. The summed E-state index contributed by atoms with van der Waals surface area (Å²) in [5.41, 5.74) is -0.342. The zero-order chi connectivity index (χ0) is 13.1. The third-order valence-electron chi connectivity index (χ3n) is 2.21. The molecule has 0 spiro atoms. The fraction of sp³-hybridized carbons (Fsp3) is 0.333. The van der Waals surface area contributed by atoms with Gasteiger partial charge in [-0.1, -0.05) is 5.92 Å². The normalized spacial score (nSPS) is 10.5. The van der Waals surface area contributed by atoms with Crippen LogP contribution in [-0.4, -0.2) is 17.6 Å². The molecule has 1 aromatic rings. The Kier molecular flexibility index (Phi) is 3.59. The van der Waals surface area contributed by atoms with Crippen molar-refractivity contribution in [3.8, 4) is 18.1 Å². The topological polar surface area (TPSA) is 64.4 Å². The number of nitro benzene ring substituents is 1. The van der Waals surface area contributed by atoms with Gasteiger partial charge in [0.1, 0.15) is 11.4 Å². The zero-order valence-corrected chi connectivity index (χ0v) is 9.98. The molecule has 0 aliphatic carbocycles. The Morgan fingerprint density at radius 1 is 1.53 bits per heavy atom. The Balaban J connectivity index is 3.16. The first-order valence-electron chi connectivity index (χ1n) is 4.98. The maximum atomic E-state index is 10.9. The summed E-state index contributed by atoms with van der Waals surface area (Å²) in [4.78, 5) is 10.4. The lowest BCUT2D eigenvalue weighted by Gasteiger charge is -2.21. The van der Waals surface area contributed by atoms with E-state index >= 15 is 0 Å². The van der Waals surface area contributed by atoms with Gasteiger partial charge in [-0.25, -0.2) is 0 Å². The molecule has 0 unspecified atom stereocenters. The molecule has 0 fully saturated rings. The fourth-order valence-corrected chi connectivity index (χ4v) is 1.27. The molecule has 1 N–H and O–H groups in total. The molecule has 0 radical (unpaired) electrons. The van der Waals surface area contributed by atoms with Gasteiger partial charge in [0.25, 0.3) is 5.69 Å². The van der Waals surface area contributed by atoms with Crippen LogP contribution in [0, 0.1) is 22.5 Å². The van der Waals surface area contributed by atoms with Gasteiger partial charge in [-0.2, -0.15) is 0 Å². The summed E-state index contributed by atoms with van der Waals surface area (Å²) in [6, 6.07) is 4.58. The molecule has 0 amide bonds. The molecule has 5 nitrogen and oxygen atoms in total. The van der Waals surface area contributed by atoms with E-state index in [2.05, 4.69) is 11.2 Å². The monoisotopic (exact) mass is 234 g/mol. The van der Waals surface area contributed by atoms with Gasteiger partial charge in [-0.3, -0.25) is 10.1 Å². The molecular formula is C12H14N2O3. The number of nitrogens with one attached hydrogen (secondary N) is 1. The molecule has 17 heavy (non-hydrogen) atoms. The SMILES string of the molecule is C#CC(C)(C)Nc1ccc(OC)cc1[N+](=O)[O-]. The van der Waals surface area contributed by atoms with Gasteiger partial charge in [-0.15, -0.1) is 6.42 Å². The molecule has 90 valence electrons. The molecule has 0 heterocycles. The second-order valence-corrected chi connectivity index (χ2v) is 4.03. The van der Waals surface area contributed by atoms with Crippen LogP contribution >= 0.6 is 0 Å². The number of nitrogens with zero attached hydrogens (tertiary/aromatic N) is 1. The third-order valence-corrected chi connectivity index (χ3v) is 2.21. The van der Waals surface area contributed by atoms with Crippen molar-refractivity contribution < 1.29 is 9.66 Å². The van der Waals surface area contributed by atoms with E-state index in [0.717, 1.165) is 0 Å². The average Bonchev–Trinajstić information content (AvgIpc) is 2.29. The highest BCUT2D eigenvalue weighted by Gasteiger charge is 2.21. The second kappa shape index (κ2) is 4.74. The van der Waals surface area contributed by atoms with Crippen molar-refractivity contribution in [2.45, 2.75) is 19.4 Å². The van der Waals surface area contributed by atoms with Crippen LogP contribution in [0.15, 0.2) is 18.2 Å². The predicted molar refractivity (Wildman–Crippen MR) is 66.2 cm³/mol. The van der Waals surface area contributed by atoms with E-state index in [4.69, 9.17) is 11.2 Å². The van der Waals surface area contributed by atoms with Crippen molar-refractivity contribution in [2.75, 3.05) is 12.4 Å². The van der Waals surface area contributed by atoms with E-state index in [0.29, 0.717) is 11.4 Å². The van der Waals surface area contributed by atoms with Crippen molar-refractivity contribution in [2.24, 2.45) is 0 Å². The Bertz CT molecular complexity index is 475. The minimum atomic E-state index is -0.653.